The van der Waals surface area contributed by atoms with E-state index >= 15 is 0 Å². The zero-order chi connectivity index (χ0) is 12.6. The van der Waals surface area contributed by atoms with E-state index in [2.05, 4.69) is 24.3 Å². The molecule has 0 saturated carbocycles. The van der Waals surface area contributed by atoms with Crippen LogP contribution in [0.2, 0.25) is 0 Å². The van der Waals surface area contributed by atoms with Crippen molar-refractivity contribution in [2.75, 3.05) is 6.61 Å². The summed E-state index contributed by atoms with van der Waals surface area (Å²) in [5.74, 6) is 0. The molecule has 0 bridgehead atoms. The first-order chi connectivity index (χ1) is 7.68. The molecule has 3 heteroatoms. The van der Waals surface area contributed by atoms with Gasteiger partial charge in [0.05, 0.1) is 6.61 Å². The second kappa shape index (κ2) is 16.7. The topological polar surface area (TPSA) is 52.3 Å². The first-order valence-corrected chi connectivity index (χ1v) is 6.61. The number of amides is 1. The van der Waals surface area contributed by atoms with Gasteiger partial charge in [-0.3, -0.25) is 0 Å². The van der Waals surface area contributed by atoms with E-state index < -0.39 is 6.09 Å². The molecule has 98 valence electrons. The predicted molar refractivity (Wildman–Crippen MR) is 69.5 cm³/mol. The Bertz CT molecular complexity index is 130. The van der Waals surface area contributed by atoms with E-state index in [0.717, 1.165) is 0 Å². The Morgan fingerprint density at radius 2 is 1.25 bits per heavy atom. The van der Waals surface area contributed by atoms with Crippen molar-refractivity contribution in [3.63, 3.8) is 0 Å². The molecule has 0 aliphatic heterocycles. The zero-order valence-electron chi connectivity index (χ0n) is 11.3. The first kappa shape index (κ1) is 17.7. The Hall–Kier alpha value is -0.730. The van der Waals surface area contributed by atoms with Crippen LogP contribution in [0.15, 0.2) is 0 Å². The minimum Gasteiger partial charge on any atom is -0.450 e. The van der Waals surface area contributed by atoms with E-state index in [-0.39, 0.29) is 0 Å². The highest BCUT2D eigenvalue weighted by atomic mass is 16.5. The minimum atomic E-state index is -0.711. The highest BCUT2D eigenvalue weighted by molar-refractivity contribution is 5.64. The minimum absolute atomic E-state index is 0.356. The van der Waals surface area contributed by atoms with Crippen molar-refractivity contribution in [1.29, 1.82) is 0 Å². The van der Waals surface area contributed by atoms with Crippen LogP contribution in [0.3, 0.4) is 0 Å². The lowest BCUT2D eigenvalue weighted by atomic mass is 10.1. The van der Waals surface area contributed by atoms with Crippen LogP contribution in [-0.2, 0) is 4.74 Å². The zero-order valence-corrected chi connectivity index (χ0v) is 11.3. The van der Waals surface area contributed by atoms with Crippen LogP contribution in [0.25, 0.3) is 0 Å². The van der Waals surface area contributed by atoms with Crippen LogP contribution in [-0.4, -0.2) is 12.7 Å². The maximum atomic E-state index is 9.60. The van der Waals surface area contributed by atoms with Gasteiger partial charge in [-0.15, -0.1) is 0 Å². The molecular formula is C13H29NO2. The Balaban J connectivity index is 0. The van der Waals surface area contributed by atoms with E-state index in [0.29, 0.717) is 6.61 Å². The molecule has 0 rings (SSSR count). The van der Waals surface area contributed by atoms with Gasteiger partial charge < -0.3 is 10.5 Å². The van der Waals surface area contributed by atoms with E-state index in [4.69, 9.17) is 0 Å². The SMILES string of the molecule is CCCCCCCCCC.CCOC(N)=O. The van der Waals surface area contributed by atoms with E-state index in [1.165, 1.54) is 51.4 Å². The lowest BCUT2D eigenvalue weighted by Gasteiger charge is -1.97. The van der Waals surface area contributed by atoms with Crippen LogP contribution in [0.5, 0.6) is 0 Å². The molecule has 0 aromatic rings. The van der Waals surface area contributed by atoms with E-state index in [1.807, 2.05) is 0 Å². The number of carbonyl (C=O) groups is 1. The second-order valence-corrected chi connectivity index (χ2v) is 3.87. The highest BCUT2D eigenvalue weighted by Gasteiger charge is 1.87. The Kier molecular flexibility index (Phi) is 18.4. The van der Waals surface area contributed by atoms with Gasteiger partial charge in [-0.2, -0.15) is 0 Å². The summed E-state index contributed by atoms with van der Waals surface area (Å²) >= 11 is 0. The molecule has 0 aliphatic rings. The summed E-state index contributed by atoms with van der Waals surface area (Å²) in [6.07, 6.45) is 10.7. The molecular weight excluding hydrogens is 202 g/mol. The number of unbranched alkanes of at least 4 members (excludes halogenated alkanes) is 7. The standard InChI is InChI=1S/C10H22.C3H7NO2/c1-3-5-7-9-10-8-6-4-2;1-2-6-3(4)5/h3-10H2,1-2H3;2H2,1H3,(H2,4,5). The van der Waals surface area contributed by atoms with Crippen molar-refractivity contribution in [2.45, 2.75) is 72.1 Å². The summed E-state index contributed by atoms with van der Waals surface area (Å²) in [6.45, 7) is 6.60. The molecule has 0 radical (unpaired) electrons. The summed E-state index contributed by atoms with van der Waals surface area (Å²) in [6, 6.07) is 0. The number of ether oxygens (including phenoxy) is 1. The number of hydrogen-bond acceptors (Lipinski definition) is 2. The molecule has 0 atom stereocenters. The summed E-state index contributed by atoms with van der Waals surface area (Å²) in [5.41, 5.74) is 4.54. The molecule has 0 aromatic heterocycles. The predicted octanol–water partition coefficient (Wildman–Crippen LogP) is 4.25. The number of rotatable bonds is 8. The number of hydrogen-bond donors (Lipinski definition) is 1. The van der Waals surface area contributed by atoms with Crippen LogP contribution >= 0.6 is 0 Å². The third-order valence-corrected chi connectivity index (χ3v) is 2.24. The molecule has 0 spiro atoms. The summed E-state index contributed by atoms with van der Waals surface area (Å²) in [4.78, 5) is 9.60. The Morgan fingerprint density at radius 1 is 0.875 bits per heavy atom. The van der Waals surface area contributed by atoms with Crippen molar-refractivity contribution in [3.8, 4) is 0 Å². The van der Waals surface area contributed by atoms with Gasteiger partial charge in [0.2, 0.25) is 0 Å². The van der Waals surface area contributed by atoms with Crippen LogP contribution < -0.4 is 5.73 Å². The molecule has 0 aromatic carbocycles. The molecule has 0 unspecified atom stereocenters. The van der Waals surface area contributed by atoms with Gasteiger partial charge >= 0.3 is 6.09 Å². The maximum Gasteiger partial charge on any atom is 0.404 e. The summed E-state index contributed by atoms with van der Waals surface area (Å²) in [5, 5.41) is 0. The van der Waals surface area contributed by atoms with E-state index in [9.17, 15) is 4.79 Å². The molecule has 0 aliphatic carbocycles. The van der Waals surface area contributed by atoms with E-state index in [1.54, 1.807) is 6.92 Å². The second-order valence-electron chi connectivity index (χ2n) is 3.87. The lowest BCUT2D eigenvalue weighted by molar-refractivity contribution is 0.163. The van der Waals surface area contributed by atoms with Crippen molar-refractivity contribution in [2.24, 2.45) is 5.73 Å². The fourth-order valence-corrected chi connectivity index (χ4v) is 1.35. The largest absolute Gasteiger partial charge is 0.450 e. The van der Waals surface area contributed by atoms with Gasteiger partial charge in [-0.1, -0.05) is 65.2 Å². The van der Waals surface area contributed by atoms with Gasteiger partial charge in [0.15, 0.2) is 0 Å². The molecule has 0 saturated heterocycles. The molecule has 2 N–H and O–H groups in total. The maximum absolute atomic E-state index is 9.60. The average Bonchev–Trinajstić information content (AvgIpc) is 2.24. The molecule has 16 heavy (non-hydrogen) atoms. The number of nitrogens with two attached hydrogens (primary N) is 1. The van der Waals surface area contributed by atoms with Crippen molar-refractivity contribution in [1.82, 2.24) is 0 Å². The molecule has 0 fully saturated rings. The first-order valence-electron chi connectivity index (χ1n) is 6.61. The Morgan fingerprint density at radius 3 is 1.44 bits per heavy atom. The van der Waals surface area contributed by atoms with Crippen molar-refractivity contribution < 1.29 is 9.53 Å². The summed E-state index contributed by atoms with van der Waals surface area (Å²) < 4.78 is 4.18. The fourth-order valence-electron chi connectivity index (χ4n) is 1.35. The van der Waals surface area contributed by atoms with Gasteiger partial charge in [0, 0.05) is 0 Å². The smallest absolute Gasteiger partial charge is 0.404 e. The van der Waals surface area contributed by atoms with Gasteiger partial charge in [0.1, 0.15) is 0 Å². The summed E-state index contributed by atoms with van der Waals surface area (Å²) in [7, 11) is 0. The lowest BCUT2D eigenvalue weighted by Crippen LogP contribution is -2.11. The van der Waals surface area contributed by atoms with Crippen molar-refractivity contribution in [3.05, 3.63) is 0 Å². The van der Waals surface area contributed by atoms with Gasteiger partial charge in [-0.05, 0) is 6.92 Å². The normalized spacial score (nSPS) is 9.19. The van der Waals surface area contributed by atoms with Gasteiger partial charge in [0.25, 0.3) is 0 Å². The monoisotopic (exact) mass is 231 g/mol. The Labute approximate surface area is 101 Å². The highest BCUT2D eigenvalue weighted by Crippen LogP contribution is 2.07. The quantitative estimate of drug-likeness (QED) is 0.635. The molecule has 1 amide bonds. The third-order valence-electron chi connectivity index (χ3n) is 2.24. The third kappa shape index (κ3) is 23.2. The fraction of sp³-hybridized carbons (Fsp3) is 0.923. The number of carbonyl (C=O) groups excluding carboxylic acids is 1. The van der Waals surface area contributed by atoms with Gasteiger partial charge in [-0.25, -0.2) is 4.79 Å². The van der Waals surface area contributed by atoms with Crippen LogP contribution in [0.1, 0.15) is 72.1 Å². The number of primary amides is 1. The van der Waals surface area contributed by atoms with Crippen molar-refractivity contribution >= 4 is 6.09 Å². The average molecular weight is 231 g/mol. The molecule has 0 heterocycles. The van der Waals surface area contributed by atoms with Crippen LogP contribution in [0.4, 0.5) is 4.79 Å². The van der Waals surface area contributed by atoms with Crippen LogP contribution in [0, 0.1) is 0 Å². The molecule has 3 nitrogen and oxygen atoms in total.